The number of rotatable bonds is 5. The summed E-state index contributed by atoms with van der Waals surface area (Å²) in [5.74, 6) is 0.204. The Kier molecular flexibility index (Phi) is 5.82. The molecule has 25 heavy (non-hydrogen) atoms. The maximum atomic E-state index is 12.9. The van der Waals surface area contributed by atoms with Crippen LogP contribution in [0.1, 0.15) is 42.0 Å². The molecular weight excluding hydrogens is 310 g/mol. The van der Waals surface area contributed by atoms with Gasteiger partial charge in [0.1, 0.15) is 0 Å². The summed E-state index contributed by atoms with van der Waals surface area (Å²) in [6.07, 6.45) is 7.28. The van der Waals surface area contributed by atoms with Crippen LogP contribution >= 0.6 is 0 Å². The van der Waals surface area contributed by atoms with Crippen LogP contribution in [0.25, 0.3) is 0 Å². The lowest BCUT2D eigenvalue weighted by molar-refractivity contribution is -0.134. The van der Waals surface area contributed by atoms with E-state index in [0.717, 1.165) is 31.5 Å². The molecule has 1 aromatic heterocycles. The van der Waals surface area contributed by atoms with Gasteiger partial charge in [0, 0.05) is 25.5 Å². The molecule has 1 aliphatic heterocycles. The second-order valence-corrected chi connectivity index (χ2v) is 7.12. The van der Waals surface area contributed by atoms with Gasteiger partial charge in [0.05, 0.1) is 12.5 Å². The predicted octanol–water partition coefficient (Wildman–Crippen LogP) is 3.44. The molecule has 0 N–H and O–H groups in total. The molecule has 2 aromatic rings. The van der Waals surface area contributed by atoms with Gasteiger partial charge in [-0.25, -0.2) is 0 Å². The molecule has 1 aromatic carbocycles. The number of hydrogen-bond acceptors (Lipinski definition) is 3. The first-order valence-corrected chi connectivity index (χ1v) is 9.05. The Morgan fingerprint density at radius 3 is 2.64 bits per heavy atom. The minimum absolute atomic E-state index is 0.200. The lowest BCUT2D eigenvalue weighted by Crippen LogP contribution is -2.39. The van der Waals surface area contributed by atoms with Crippen molar-refractivity contribution in [2.24, 2.45) is 0 Å². The molecule has 3 rings (SSSR count). The van der Waals surface area contributed by atoms with Gasteiger partial charge >= 0.3 is 0 Å². The van der Waals surface area contributed by atoms with Crippen LogP contribution in [0.4, 0.5) is 0 Å². The highest BCUT2D eigenvalue weighted by atomic mass is 16.2. The van der Waals surface area contributed by atoms with Crippen LogP contribution in [0.5, 0.6) is 0 Å². The molecule has 132 valence electrons. The summed E-state index contributed by atoms with van der Waals surface area (Å²) in [6.45, 7) is 1.79. The highest BCUT2D eigenvalue weighted by Crippen LogP contribution is 2.31. The molecule has 0 unspecified atom stereocenters. The smallest absolute Gasteiger partial charge is 0.227 e. The zero-order valence-corrected chi connectivity index (χ0v) is 15.2. The molecule has 2 heterocycles. The van der Waals surface area contributed by atoms with Crippen molar-refractivity contribution in [1.82, 2.24) is 14.8 Å². The molecule has 1 fully saturated rings. The summed E-state index contributed by atoms with van der Waals surface area (Å²) in [7, 11) is 4.15. The van der Waals surface area contributed by atoms with Gasteiger partial charge in [0.2, 0.25) is 5.91 Å². The topological polar surface area (TPSA) is 36.4 Å². The number of aromatic nitrogens is 1. The lowest BCUT2D eigenvalue weighted by atomic mass is 9.94. The zero-order valence-electron chi connectivity index (χ0n) is 15.2. The molecule has 1 atom stereocenters. The highest BCUT2D eigenvalue weighted by Gasteiger charge is 2.27. The number of likely N-dealkylation sites (tertiary alicyclic amines) is 1. The predicted molar refractivity (Wildman–Crippen MR) is 100 cm³/mol. The van der Waals surface area contributed by atoms with Crippen LogP contribution in [-0.4, -0.2) is 41.3 Å². The van der Waals surface area contributed by atoms with Crippen molar-refractivity contribution in [3.63, 3.8) is 0 Å². The Labute approximate surface area is 150 Å². The van der Waals surface area contributed by atoms with Gasteiger partial charge in [0.15, 0.2) is 0 Å². The highest BCUT2D eigenvalue weighted by molar-refractivity contribution is 5.79. The fraction of sp³-hybridized carbons (Fsp3) is 0.429. The monoisotopic (exact) mass is 337 g/mol. The number of pyridine rings is 1. The molecule has 1 saturated heterocycles. The van der Waals surface area contributed by atoms with Crippen molar-refractivity contribution < 1.29 is 4.79 Å². The lowest BCUT2D eigenvalue weighted by Gasteiger charge is -2.36. The molecule has 4 nitrogen and oxygen atoms in total. The summed E-state index contributed by atoms with van der Waals surface area (Å²) in [6, 6.07) is 12.8. The van der Waals surface area contributed by atoms with E-state index >= 15 is 0 Å². The zero-order chi connectivity index (χ0) is 17.6. The van der Waals surface area contributed by atoms with E-state index in [-0.39, 0.29) is 11.9 Å². The largest absolute Gasteiger partial charge is 0.335 e. The molecule has 0 spiro atoms. The van der Waals surface area contributed by atoms with Crippen molar-refractivity contribution in [1.29, 1.82) is 0 Å². The van der Waals surface area contributed by atoms with E-state index in [1.165, 1.54) is 17.5 Å². The average molecular weight is 337 g/mol. The maximum Gasteiger partial charge on any atom is 0.227 e. The number of nitrogens with zero attached hydrogens (tertiary/aromatic N) is 3. The second-order valence-electron chi connectivity index (χ2n) is 7.12. The van der Waals surface area contributed by atoms with E-state index in [2.05, 4.69) is 53.1 Å². The molecule has 1 amide bonds. The second kappa shape index (κ2) is 8.26. The van der Waals surface area contributed by atoms with Gasteiger partial charge in [-0.2, -0.15) is 0 Å². The molecule has 0 bridgehead atoms. The van der Waals surface area contributed by atoms with E-state index in [1.807, 2.05) is 12.1 Å². The van der Waals surface area contributed by atoms with Gasteiger partial charge in [-0.3, -0.25) is 9.78 Å². The Hall–Kier alpha value is -2.20. The normalized spacial score (nSPS) is 17.7. The number of benzene rings is 1. The maximum absolute atomic E-state index is 12.9. The van der Waals surface area contributed by atoms with Gasteiger partial charge in [-0.05, 0) is 56.1 Å². The Morgan fingerprint density at radius 1 is 1.16 bits per heavy atom. The molecule has 0 aliphatic carbocycles. The Bertz CT molecular complexity index is 682. The molecular formula is C21H27N3O. The summed E-state index contributed by atoms with van der Waals surface area (Å²) >= 11 is 0. The van der Waals surface area contributed by atoms with E-state index in [1.54, 1.807) is 12.4 Å². The van der Waals surface area contributed by atoms with Gasteiger partial charge in [-0.15, -0.1) is 0 Å². The number of carbonyl (C=O) groups is 1. The number of piperidine rings is 1. The number of hydrogen-bond donors (Lipinski definition) is 0. The molecule has 1 aliphatic rings. The van der Waals surface area contributed by atoms with Crippen LogP contribution in [0.15, 0.2) is 48.8 Å². The van der Waals surface area contributed by atoms with Crippen LogP contribution in [0, 0.1) is 0 Å². The minimum Gasteiger partial charge on any atom is -0.335 e. The van der Waals surface area contributed by atoms with Crippen molar-refractivity contribution in [3.05, 3.63) is 65.5 Å². The van der Waals surface area contributed by atoms with E-state index in [9.17, 15) is 4.79 Å². The van der Waals surface area contributed by atoms with Gasteiger partial charge in [0.25, 0.3) is 0 Å². The SMILES string of the molecule is CN(C)Cc1ccc([C@@H]2CCCCN2C(=O)Cc2cccnc2)cc1. The summed E-state index contributed by atoms with van der Waals surface area (Å²) in [4.78, 5) is 21.2. The summed E-state index contributed by atoms with van der Waals surface area (Å²) in [5, 5.41) is 0. The van der Waals surface area contributed by atoms with Gasteiger partial charge in [-0.1, -0.05) is 30.3 Å². The van der Waals surface area contributed by atoms with E-state index in [4.69, 9.17) is 0 Å². The molecule has 0 saturated carbocycles. The number of amides is 1. The first kappa shape index (κ1) is 17.6. The third-order valence-corrected chi connectivity index (χ3v) is 4.76. The number of carbonyl (C=O) groups excluding carboxylic acids is 1. The molecule has 4 heteroatoms. The fourth-order valence-corrected chi connectivity index (χ4v) is 3.57. The quantitative estimate of drug-likeness (QED) is 0.838. The third-order valence-electron chi connectivity index (χ3n) is 4.76. The Balaban J connectivity index is 1.73. The summed E-state index contributed by atoms with van der Waals surface area (Å²) < 4.78 is 0. The molecule has 0 radical (unpaired) electrons. The van der Waals surface area contributed by atoms with Crippen molar-refractivity contribution in [2.75, 3.05) is 20.6 Å². The van der Waals surface area contributed by atoms with Crippen molar-refractivity contribution in [3.8, 4) is 0 Å². The minimum atomic E-state index is 0.200. The van der Waals surface area contributed by atoms with E-state index < -0.39 is 0 Å². The fourth-order valence-electron chi connectivity index (χ4n) is 3.57. The standard InChI is InChI=1S/C21H27N3O/c1-23(2)16-17-8-10-19(11-9-17)20-7-3-4-13-24(20)21(25)14-18-6-5-12-22-15-18/h5-6,8-12,15,20H,3-4,7,13-14,16H2,1-2H3/t20-/m0/s1. The van der Waals surface area contributed by atoms with Crippen LogP contribution in [0.3, 0.4) is 0 Å². The first-order chi connectivity index (χ1) is 12.1. The van der Waals surface area contributed by atoms with Crippen LogP contribution in [-0.2, 0) is 17.8 Å². The average Bonchev–Trinajstić information content (AvgIpc) is 2.63. The summed E-state index contributed by atoms with van der Waals surface area (Å²) in [5.41, 5.74) is 3.54. The third kappa shape index (κ3) is 4.67. The van der Waals surface area contributed by atoms with Gasteiger partial charge < -0.3 is 9.80 Å². The van der Waals surface area contributed by atoms with Crippen molar-refractivity contribution >= 4 is 5.91 Å². The van der Waals surface area contributed by atoms with Crippen LogP contribution in [0.2, 0.25) is 0 Å². The first-order valence-electron chi connectivity index (χ1n) is 9.05. The Morgan fingerprint density at radius 2 is 1.96 bits per heavy atom. The van der Waals surface area contributed by atoms with Crippen LogP contribution < -0.4 is 0 Å². The van der Waals surface area contributed by atoms with E-state index in [0.29, 0.717) is 6.42 Å². The van der Waals surface area contributed by atoms with Crippen molar-refractivity contribution in [2.45, 2.75) is 38.3 Å².